The van der Waals surface area contributed by atoms with Gasteiger partial charge in [0, 0.05) is 11.5 Å². The Morgan fingerprint density at radius 1 is 1.26 bits per heavy atom. The first-order chi connectivity index (χ1) is 9.08. The number of hydrogen-bond donors (Lipinski definition) is 0. The number of hydrogen-bond acceptors (Lipinski definition) is 5. The molecular formula is C11H5ClFN3O2S. The predicted octanol–water partition coefficient (Wildman–Crippen LogP) is 2.13. The molecule has 0 atom stereocenters. The lowest BCUT2D eigenvalue weighted by molar-refractivity contribution is 0.0640. The van der Waals surface area contributed by atoms with Gasteiger partial charge >= 0.3 is 0 Å². The zero-order valence-corrected chi connectivity index (χ0v) is 10.8. The van der Waals surface area contributed by atoms with Crippen LogP contribution in [0.2, 0.25) is 4.34 Å². The molecule has 8 heteroatoms. The van der Waals surface area contributed by atoms with E-state index in [1.807, 2.05) is 0 Å². The number of halogens is 2. The van der Waals surface area contributed by atoms with Crippen LogP contribution in [-0.2, 0) is 6.54 Å². The Hall–Kier alpha value is -1.86. The van der Waals surface area contributed by atoms with Crippen LogP contribution >= 0.6 is 23.1 Å². The summed E-state index contributed by atoms with van der Waals surface area (Å²) in [6, 6.07) is 3.49. The molecule has 3 rings (SSSR count). The number of aromatic nitrogens is 2. The molecule has 2 aromatic rings. The van der Waals surface area contributed by atoms with Crippen molar-refractivity contribution in [1.29, 1.82) is 0 Å². The Labute approximate surface area is 115 Å². The predicted molar refractivity (Wildman–Crippen MR) is 65.5 cm³/mol. The number of benzene rings is 1. The second kappa shape index (κ2) is 4.36. The Balaban J connectivity index is 1.97. The molecule has 1 aliphatic heterocycles. The highest BCUT2D eigenvalue weighted by molar-refractivity contribution is 7.10. The highest BCUT2D eigenvalue weighted by atomic mass is 35.5. The Morgan fingerprint density at radius 3 is 2.68 bits per heavy atom. The van der Waals surface area contributed by atoms with Crippen LogP contribution in [0.25, 0.3) is 0 Å². The third-order valence-corrected chi connectivity index (χ3v) is 3.73. The molecule has 2 amide bonds. The van der Waals surface area contributed by atoms with Crippen LogP contribution in [0.5, 0.6) is 0 Å². The quantitative estimate of drug-likeness (QED) is 0.797. The maximum atomic E-state index is 13.1. The summed E-state index contributed by atoms with van der Waals surface area (Å²) in [5, 5.41) is 3.74. The molecule has 0 bridgehead atoms. The summed E-state index contributed by atoms with van der Waals surface area (Å²) in [7, 11) is 0. The average Bonchev–Trinajstić information content (AvgIpc) is 2.88. The fourth-order valence-corrected chi connectivity index (χ4v) is 2.46. The molecular weight excluding hydrogens is 293 g/mol. The van der Waals surface area contributed by atoms with Crippen molar-refractivity contribution in [3.05, 3.63) is 45.2 Å². The van der Waals surface area contributed by atoms with Crippen LogP contribution in [0, 0.1) is 5.82 Å². The van der Waals surface area contributed by atoms with Gasteiger partial charge < -0.3 is 0 Å². The van der Waals surface area contributed by atoms with Gasteiger partial charge in [0.25, 0.3) is 11.8 Å². The van der Waals surface area contributed by atoms with Crippen molar-refractivity contribution in [2.24, 2.45) is 0 Å². The van der Waals surface area contributed by atoms with Crippen LogP contribution < -0.4 is 0 Å². The third-order valence-electron chi connectivity index (χ3n) is 2.75. The molecule has 1 aromatic heterocycles. The van der Waals surface area contributed by atoms with Crippen molar-refractivity contribution < 1.29 is 14.0 Å². The molecule has 0 unspecified atom stereocenters. The first kappa shape index (κ1) is 12.2. The van der Waals surface area contributed by atoms with Gasteiger partial charge in [-0.1, -0.05) is 16.1 Å². The van der Waals surface area contributed by atoms with Gasteiger partial charge in [0.2, 0.25) is 0 Å². The standard InChI is InChI=1S/C11H5ClFN3O2S/c12-9-8(14-15-19-9)4-16-10(17)6-2-1-5(13)3-7(6)11(16)18/h1-3H,4H2. The van der Waals surface area contributed by atoms with E-state index in [9.17, 15) is 14.0 Å². The van der Waals surface area contributed by atoms with E-state index >= 15 is 0 Å². The van der Waals surface area contributed by atoms with Crippen molar-refractivity contribution in [2.75, 3.05) is 0 Å². The van der Waals surface area contributed by atoms with E-state index in [1.54, 1.807) is 0 Å². The van der Waals surface area contributed by atoms with Crippen LogP contribution in [0.1, 0.15) is 26.4 Å². The highest BCUT2D eigenvalue weighted by Crippen LogP contribution is 2.27. The fraction of sp³-hybridized carbons (Fsp3) is 0.0909. The van der Waals surface area contributed by atoms with Crippen molar-refractivity contribution in [3.63, 3.8) is 0 Å². The van der Waals surface area contributed by atoms with Gasteiger partial charge in [-0.15, -0.1) is 5.10 Å². The van der Waals surface area contributed by atoms with Gasteiger partial charge in [0.1, 0.15) is 15.8 Å². The smallest absolute Gasteiger partial charge is 0.262 e. The molecule has 0 spiro atoms. The van der Waals surface area contributed by atoms with Crippen LogP contribution in [-0.4, -0.2) is 26.3 Å². The van der Waals surface area contributed by atoms with E-state index in [0.717, 1.165) is 28.6 Å². The average molecular weight is 298 g/mol. The summed E-state index contributed by atoms with van der Waals surface area (Å²) < 4.78 is 17.1. The molecule has 0 N–H and O–H groups in total. The maximum absolute atomic E-state index is 13.1. The minimum atomic E-state index is -0.560. The van der Waals surface area contributed by atoms with Gasteiger partial charge in [0.15, 0.2) is 0 Å². The van der Waals surface area contributed by atoms with Crippen molar-refractivity contribution in [3.8, 4) is 0 Å². The Kier molecular flexibility index (Phi) is 2.79. The molecule has 0 fully saturated rings. The molecule has 0 aliphatic carbocycles. The number of fused-ring (bicyclic) bond motifs is 1. The second-order valence-corrected chi connectivity index (χ2v) is 5.24. The summed E-state index contributed by atoms with van der Waals surface area (Å²) in [4.78, 5) is 25.1. The molecule has 1 aromatic carbocycles. The number of amides is 2. The Morgan fingerprint density at radius 2 is 2.00 bits per heavy atom. The van der Waals surface area contributed by atoms with Gasteiger partial charge in [-0.2, -0.15) is 0 Å². The first-order valence-electron chi connectivity index (χ1n) is 5.20. The zero-order chi connectivity index (χ0) is 13.6. The van der Waals surface area contributed by atoms with E-state index in [2.05, 4.69) is 9.59 Å². The van der Waals surface area contributed by atoms with Crippen LogP contribution in [0.3, 0.4) is 0 Å². The van der Waals surface area contributed by atoms with E-state index < -0.39 is 17.6 Å². The van der Waals surface area contributed by atoms with Crippen molar-refractivity contribution >= 4 is 34.9 Å². The normalized spacial score (nSPS) is 14.1. The fourth-order valence-electron chi connectivity index (χ4n) is 1.85. The Bertz CT molecular complexity index is 703. The van der Waals surface area contributed by atoms with Crippen LogP contribution in [0.15, 0.2) is 18.2 Å². The van der Waals surface area contributed by atoms with Gasteiger partial charge in [0.05, 0.1) is 17.7 Å². The minimum Gasteiger partial charge on any atom is -0.269 e. The summed E-state index contributed by atoms with van der Waals surface area (Å²) in [6.45, 7) is -0.0662. The molecule has 1 aliphatic rings. The van der Waals surface area contributed by atoms with E-state index in [0.29, 0.717) is 10.0 Å². The molecule has 5 nitrogen and oxygen atoms in total. The number of imide groups is 1. The number of nitrogens with zero attached hydrogens (tertiary/aromatic N) is 3. The van der Waals surface area contributed by atoms with Gasteiger partial charge in [-0.3, -0.25) is 14.5 Å². The topological polar surface area (TPSA) is 63.2 Å². The zero-order valence-electron chi connectivity index (χ0n) is 9.26. The van der Waals surface area contributed by atoms with Crippen molar-refractivity contribution in [1.82, 2.24) is 14.5 Å². The molecule has 2 heterocycles. The molecule has 0 radical (unpaired) electrons. The lowest BCUT2D eigenvalue weighted by atomic mass is 10.1. The van der Waals surface area contributed by atoms with Crippen molar-refractivity contribution in [2.45, 2.75) is 6.54 Å². The largest absolute Gasteiger partial charge is 0.269 e. The summed E-state index contributed by atoms with van der Waals surface area (Å²) in [6.07, 6.45) is 0. The second-order valence-electron chi connectivity index (χ2n) is 3.88. The minimum absolute atomic E-state index is 0.0595. The first-order valence-corrected chi connectivity index (χ1v) is 6.35. The lowest BCUT2D eigenvalue weighted by Gasteiger charge is -2.11. The SMILES string of the molecule is O=C1c2ccc(F)cc2C(=O)N1Cc1nnsc1Cl. The monoisotopic (exact) mass is 297 g/mol. The van der Waals surface area contributed by atoms with E-state index in [-0.39, 0.29) is 17.7 Å². The lowest BCUT2D eigenvalue weighted by Crippen LogP contribution is -2.29. The van der Waals surface area contributed by atoms with E-state index in [1.165, 1.54) is 6.07 Å². The van der Waals surface area contributed by atoms with Crippen LogP contribution in [0.4, 0.5) is 4.39 Å². The highest BCUT2D eigenvalue weighted by Gasteiger charge is 2.36. The molecule has 96 valence electrons. The summed E-state index contributed by atoms with van der Waals surface area (Å²) >= 11 is 6.81. The van der Waals surface area contributed by atoms with Gasteiger partial charge in [-0.25, -0.2) is 4.39 Å². The van der Waals surface area contributed by atoms with E-state index in [4.69, 9.17) is 11.6 Å². The number of rotatable bonds is 2. The van der Waals surface area contributed by atoms with Gasteiger partial charge in [-0.05, 0) is 18.2 Å². The third kappa shape index (κ3) is 1.91. The molecule has 0 saturated carbocycles. The number of carbonyl (C=O) groups excluding carboxylic acids is 2. The maximum Gasteiger partial charge on any atom is 0.262 e. The summed E-state index contributed by atoms with van der Waals surface area (Å²) in [5.74, 6) is -1.59. The molecule has 0 saturated heterocycles. The molecule has 19 heavy (non-hydrogen) atoms. The number of carbonyl (C=O) groups is 2. The summed E-state index contributed by atoms with van der Waals surface area (Å²) in [5.41, 5.74) is 0.594.